The molecule has 0 N–H and O–H groups in total. The molecule has 0 atom stereocenters. The van der Waals surface area contributed by atoms with E-state index in [2.05, 4.69) is 4.98 Å². The molecule has 0 bridgehead atoms. The Balaban J connectivity index is 1.49. The molecule has 7 nitrogen and oxygen atoms in total. The van der Waals surface area contributed by atoms with Crippen LogP contribution in [0.25, 0.3) is 10.2 Å². The molecule has 1 aliphatic heterocycles. The molecule has 9 heteroatoms. The lowest BCUT2D eigenvalue weighted by atomic mass is 10.1. The maximum absolute atomic E-state index is 14.2. The fraction of sp³-hybridized carbons (Fsp3) is 0.130. The number of thiazole rings is 1. The fourth-order valence-electron chi connectivity index (χ4n) is 3.58. The van der Waals surface area contributed by atoms with Crippen LogP contribution < -0.4 is 9.80 Å². The fourth-order valence-corrected chi connectivity index (χ4v) is 4.55. The van der Waals surface area contributed by atoms with Crippen LogP contribution >= 0.6 is 11.3 Å². The topological polar surface area (TPSA) is 83.7 Å². The summed E-state index contributed by atoms with van der Waals surface area (Å²) >= 11 is 1.20. The summed E-state index contributed by atoms with van der Waals surface area (Å²) in [7, 11) is 0. The van der Waals surface area contributed by atoms with Crippen molar-refractivity contribution in [2.45, 2.75) is 19.4 Å². The van der Waals surface area contributed by atoms with Crippen molar-refractivity contribution >= 4 is 50.1 Å². The summed E-state index contributed by atoms with van der Waals surface area (Å²) in [5.41, 5.74) is 0.957. The number of imide groups is 1. The Hall–Kier alpha value is -3.85. The van der Waals surface area contributed by atoms with Gasteiger partial charge in [0.15, 0.2) is 5.13 Å². The van der Waals surface area contributed by atoms with Crippen molar-refractivity contribution in [3.05, 3.63) is 78.0 Å². The molecule has 5 rings (SSSR count). The van der Waals surface area contributed by atoms with Gasteiger partial charge in [-0.25, -0.2) is 9.37 Å². The van der Waals surface area contributed by atoms with Crippen LogP contribution in [0.1, 0.15) is 29.0 Å². The van der Waals surface area contributed by atoms with Gasteiger partial charge in [0.25, 0.3) is 5.91 Å². The van der Waals surface area contributed by atoms with Crippen LogP contribution in [0.4, 0.5) is 15.2 Å². The predicted octanol–water partition coefficient (Wildman–Crippen LogP) is 4.53. The molecular formula is C23H16FN3O4S. The number of carbonyl (C=O) groups excluding carboxylic acids is 3. The lowest BCUT2D eigenvalue weighted by molar-refractivity contribution is -0.121. The lowest BCUT2D eigenvalue weighted by Gasteiger charge is -2.19. The van der Waals surface area contributed by atoms with Crippen LogP contribution in [0.15, 0.2) is 65.3 Å². The summed E-state index contributed by atoms with van der Waals surface area (Å²) in [4.78, 5) is 44.2. The number of amides is 3. The number of fused-ring (bicyclic) bond motifs is 1. The quantitative estimate of drug-likeness (QED) is 0.418. The van der Waals surface area contributed by atoms with E-state index in [9.17, 15) is 18.8 Å². The molecule has 3 amide bonds. The van der Waals surface area contributed by atoms with Gasteiger partial charge in [-0.1, -0.05) is 17.4 Å². The van der Waals surface area contributed by atoms with Gasteiger partial charge >= 0.3 is 0 Å². The molecule has 2 aromatic heterocycles. The molecule has 0 saturated carbocycles. The maximum Gasteiger partial charge on any atom is 0.260 e. The summed E-state index contributed by atoms with van der Waals surface area (Å²) in [5, 5.41) is 0.334. The number of anilines is 2. The van der Waals surface area contributed by atoms with E-state index in [0.717, 1.165) is 4.90 Å². The number of furan rings is 1. The zero-order valence-electron chi connectivity index (χ0n) is 16.7. The van der Waals surface area contributed by atoms with Crippen molar-refractivity contribution < 1.29 is 23.2 Å². The van der Waals surface area contributed by atoms with E-state index in [4.69, 9.17) is 4.42 Å². The summed E-state index contributed by atoms with van der Waals surface area (Å²) in [5.74, 6) is -0.802. The number of rotatable bonds is 5. The van der Waals surface area contributed by atoms with Crippen molar-refractivity contribution in [1.29, 1.82) is 0 Å². The molecule has 0 aliphatic carbocycles. The van der Waals surface area contributed by atoms with E-state index < -0.39 is 5.82 Å². The van der Waals surface area contributed by atoms with Gasteiger partial charge in [0.2, 0.25) is 11.8 Å². The van der Waals surface area contributed by atoms with Crippen LogP contribution in [0.3, 0.4) is 0 Å². The standard InChI is InChI=1S/C23H16FN3O4S/c24-17-4-1-5-18-21(17)25-23(32-18)26(13-16-3-2-12-31-16)22(30)14-6-8-15(9-7-14)27-19(28)10-11-20(27)29/h1-9,12H,10-11,13H2. The van der Waals surface area contributed by atoms with Crippen LogP contribution in [-0.2, 0) is 16.1 Å². The van der Waals surface area contributed by atoms with Crippen molar-refractivity contribution in [3.8, 4) is 0 Å². The van der Waals surface area contributed by atoms with Gasteiger partial charge in [-0.2, -0.15) is 0 Å². The number of hydrogen-bond donors (Lipinski definition) is 0. The van der Waals surface area contributed by atoms with Crippen molar-refractivity contribution in [3.63, 3.8) is 0 Å². The Labute approximate surface area is 185 Å². The molecule has 1 fully saturated rings. The van der Waals surface area contributed by atoms with Gasteiger partial charge < -0.3 is 4.42 Å². The first-order valence-electron chi connectivity index (χ1n) is 9.86. The molecule has 2 aromatic carbocycles. The average Bonchev–Trinajstić information content (AvgIpc) is 3.53. The molecule has 4 aromatic rings. The highest BCUT2D eigenvalue weighted by Crippen LogP contribution is 2.32. The highest BCUT2D eigenvalue weighted by Gasteiger charge is 2.30. The number of para-hydroxylation sites is 1. The largest absolute Gasteiger partial charge is 0.467 e. The average molecular weight is 449 g/mol. The minimum absolute atomic E-state index is 0.109. The second-order valence-corrected chi connectivity index (χ2v) is 8.23. The minimum atomic E-state index is -0.459. The number of aromatic nitrogens is 1. The third-order valence-corrected chi connectivity index (χ3v) is 6.20. The molecule has 160 valence electrons. The lowest BCUT2D eigenvalue weighted by Crippen LogP contribution is -2.31. The number of carbonyl (C=O) groups is 3. The normalized spacial score (nSPS) is 13.8. The van der Waals surface area contributed by atoms with Crippen molar-refractivity contribution in [1.82, 2.24) is 4.98 Å². The summed E-state index contributed by atoms with van der Waals surface area (Å²) in [6.07, 6.45) is 1.88. The molecular weight excluding hydrogens is 433 g/mol. The molecule has 0 spiro atoms. The first kappa shape index (κ1) is 20.1. The van der Waals surface area contributed by atoms with Crippen LogP contribution in [-0.4, -0.2) is 22.7 Å². The van der Waals surface area contributed by atoms with E-state index in [0.29, 0.717) is 26.8 Å². The van der Waals surface area contributed by atoms with Crippen molar-refractivity contribution in [2.24, 2.45) is 0 Å². The van der Waals surface area contributed by atoms with Crippen LogP contribution in [0, 0.1) is 5.82 Å². The Morgan fingerprint density at radius 1 is 1.06 bits per heavy atom. The summed E-state index contributed by atoms with van der Waals surface area (Å²) in [6.45, 7) is 0.109. The third-order valence-electron chi connectivity index (χ3n) is 5.15. The van der Waals surface area contributed by atoms with Gasteiger partial charge in [0.1, 0.15) is 17.1 Å². The summed E-state index contributed by atoms with van der Waals surface area (Å²) in [6, 6.07) is 14.4. The maximum atomic E-state index is 14.2. The van der Waals surface area contributed by atoms with Gasteiger partial charge in [-0.3, -0.25) is 24.2 Å². The Morgan fingerprint density at radius 2 is 1.81 bits per heavy atom. The number of halogens is 1. The van der Waals surface area contributed by atoms with E-state index >= 15 is 0 Å². The van der Waals surface area contributed by atoms with Gasteiger partial charge in [-0.15, -0.1) is 0 Å². The molecule has 0 radical (unpaired) electrons. The number of nitrogens with zero attached hydrogens (tertiary/aromatic N) is 3. The van der Waals surface area contributed by atoms with Crippen LogP contribution in [0.2, 0.25) is 0 Å². The van der Waals surface area contributed by atoms with Gasteiger partial charge in [0, 0.05) is 18.4 Å². The van der Waals surface area contributed by atoms with E-state index in [1.165, 1.54) is 28.6 Å². The molecule has 3 heterocycles. The monoisotopic (exact) mass is 449 g/mol. The number of hydrogen-bond acceptors (Lipinski definition) is 6. The highest BCUT2D eigenvalue weighted by molar-refractivity contribution is 7.22. The third kappa shape index (κ3) is 3.56. The smallest absolute Gasteiger partial charge is 0.260 e. The zero-order chi connectivity index (χ0) is 22.2. The SMILES string of the molecule is O=C(c1ccc(N2C(=O)CCC2=O)cc1)N(Cc1ccco1)c1nc2c(F)cccc2s1. The Morgan fingerprint density at radius 3 is 2.47 bits per heavy atom. The predicted molar refractivity (Wildman–Crippen MR) is 117 cm³/mol. The molecule has 1 aliphatic rings. The molecule has 0 unspecified atom stereocenters. The second kappa shape index (κ2) is 8.01. The zero-order valence-corrected chi connectivity index (χ0v) is 17.5. The first-order valence-corrected chi connectivity index (χ1v) is 10.7. The van der Waals surface area contributed by atoms with Crippen molar-refractivity contribution in [2.75, 3.05) is 9.80 Å². The molecule has 1 saturated heterocycles. The van der Waals surface area contributed by atoms with Crippen LogP contribution in [0.5, 0.6) is 0 Å². The van der Waals surface area contributed by atoms with Gasteiger partial charge in [0.05, 0.1) is 23.2 Å². The van der Waals surface area contributed by atoms with Gasteiger partial charge in [-0.05, 0) is 48.5 Å². The van der Waals surface area contributed by atoms with E-state index in [1.807, 2.05) is 0 Å². The van der Waals surface area contributed by atoms with E-state index in [-0.39, 0.29) is 42.6 Å². The molecule has 32 heavy (non-hydrogen) atoms. The highest BCUT2D eigenvalue weighted by atomic mass is 32.1. The minimum Gasteiger partial charge on any atom is -0.467 e. The summed E-state index contributed by atoms with van der Waals surface area (Å²) < 4.78 is 20.2. The Kier molecular flexibility index (Phi) is 5.02. The first-order chi connectivity index (χ1) is 15.5. The second-order valence-electron chi connectivity index (χ2n) is 7.22. The number of benzene rings is 2. The Bertz CT molecular complexity index is 1320. The van der Waals surface area contributed by atoms with E-state index in [1.54, 1.807) is 48.5 Å².